The summed E-state index contributed by atoms with van der Waals surface area (Å²) in [6.45, 7) is 0. The molecule has 3 heteroatoms. The highest BCUT2D eigenvalue weighted by Crippen LogP contribution is 2.29. The molecule has 0 radical (unpaired) electrons. The third-order valence-corrected chi connectivity index (χ3v) is 2.68. The van der Waals surface area contributed by atoms with E-state index in [1.165, 1.54) is 6.07 Å². The summed E-state index contributed by atoms with van der Waals surface area (Å²) in [7, 11) is 0. The van der Waals surface area contributed by atoms with Crippen molar-refractivity contribution in [2.75, 3.05) is 0 Å². The van der Waals surface area contributed by atoms with Crippen molar-refractivity contribution in [2.24, 2.45) is 0 Å². The Hall–Kier alpha value is -0.890. The lowest BCUT2D eigenvalue weighted by atomic mass is 9.90. The van der Waals surface area contributed by atoms with Gasteiger partial charge in [-0.15, -0.1) is 0 Å². The number of hydrogen-bond acceptors (Lipinski definition) is 1. The number of carbonyl (C=O) groups excluding carboxylic acids is 1. The molecule has 0 unspecified atom stereocenters. The molecule has 0 bridgehead atoms. The van der Waals surface area contributed by atoms with Crippen LogP contribution in [0.2, 0.25) is 5.02 Å². The molecule has 1 aliphatic carbocycles. The van der Waals surface area contributed by atoms with Crippen LogP contribution < -0.4 is 0 Å². The Labute approximate surface area is 80.5 Å². The minimum atomic E-state index is -0.504. The molecule has 0 saturated carbocycles. The normalized spacial score (nSPS) is 15.7. The van der Waals surface area contributed by atoms with E-state index in [0.717, 1.165) is 18.4 Å². The van der Waals surface area contributed by atoms with Gasteiger partial charge in [-0.25, -0.2) is 4.39 Å². The lowest BCUT2D eigenvalue weighted by Gasteiger charge is -2.15. The van der Waals surface area contributed by atoms with E-state index in [-0.39, 0.29) is 10.8 Å². The first-order chi connectivity index (χ1) is 6.20. The van der Waals surface area contributed by atoms with E-state index in [0.29, 0.717) is 12.0 Å². The Bertz CT molecular complexity index is 373. The fourth-order valence-corrected chi connectivity index (χ4v) is 1.95. The number of fused-ring (bicyclic) bond motifs is 1. The molecule has 1 aromatic carbocycles. The maximum absolute atomic E-state index is 13.0. The van der Waals surface area contributed by atoms with Crippen LogP contribution in [0.5, 0.6) is 0 Å². The van der Waals surface area contributed by atoms with E-state index in [1.54, 1.807) is 6.07 Å². The number of hydrogen-bond donors (Lipinski definition) is 0. The number of carbonyl (C=O) groups is 1. The van der Waals surface area contributed by atoms with Gasteiger partial charge in [0, 0.05) is 12.0 Å². The smallest absolute Gasteiger partial charge is 0.164 e. The summed E-state index contributed by atoms with van der Waals surface area (Å²) < 4.78 is 13.0. The summed E-state index contributed by atoms with van der Waals surface area (Å²) in [6.07, 6.45) is 2.14. The fourth-order valence-electron chi connectivity index (χ4n) is 1.66. The van der Waals surface area contributed by atoms with Crippen LogP contribution in [0.4, 0.5) is 4.39 Å². The molecule has 1 aromatic rings. The highest BCUT2D eigenvalue weighted by atomic mass is 35.5. The quantitative estimate of drug-likeness (QED) is 0.626. The number of rotatable bonds is 0. The SMILES string of the molecule is O=C1CCCc2ccc(F)c(Cl)c21. The Morgan fingerprint density at radius 1 is 1.31 bits per heavy atom. The summed E-state index contributed by atoms with van der Waals surface area (Å²) in [5.74, 6) is -0.540. The number of ketones is 1. The zero-order chi connectivity index (χ0) is 9.42. The zero-order valence-corrected chi connectivity index (χ0v) is 7.70. The molecule has 13 heavy (non-hydrogen) atoms. The molecule has 1 nitrogen and oxygen atoms in total. The van der Waals surface area contributed by atoms with Crippen LogP contribution in [-0.2, 0) is 6.42 Å². The van der Waals surface area contributed by atoms with Gasteiger partial charge in [-0.3, -0.25) is 4.79 Å². The Kier molecular flexibility index (Phi) is 2.08. The second-order valence-corrected chi connectivity index (χ2v) is 3.55. The second-order valence-electron chi connectivity index (χ2n) is 3.17. The van der Waals surface area contributed by atoms with E-state index >= 15 is 0 Å². The van der Waals surface area contributed by atoms with Crippen molar-refractivity contribution in [2.45, 2.75) is 19.3 Å². The standard InChI is InChI=1S/C10H8ClFO/c11-10-7(12)5-4-6-2-1-3-8(13)9(6)10/h4-5H,1-3H2. The van der Waals surface area contributed by atoms with Gasteiger partial charge in [0.05, 0.1) is 5.02 Å². The van der Waals surface area contributed by atoms with Gasteiger partial charge in [-0.05, 0) is 24.5 Å². The van der Waals surface area contributed by atoms with Crippen molar-refractivity contribution in [3.63, 3.8) is 0 Å². The van der Waals surface area contributed by atoms with Crippen LogP contribution >= 0.6 is 11.6 Å². The first-order valence-corrected chi connectivity index (χ1v) is 4.58. The van der Waals surface area contributed by atoms with Crippen LogP contribution in [0.3, 0.4) is 0 Å². The Morgan fingerprint density at radius 2 is 2.08 bits per heavy atom. The Morgan fingerprint density at radius 3 is 2.85 bits per heavy atom. The fraction of sp³-hybridized carbons (Fsp3) is 0.300. The number of Topliss-reactive ketones (excluding diaryl/α,β-unsaturated/α-hetero) is 1. The van der Waals surface area contributed by atoms with Crippen LogP contribution in [0.1, 0.15) is 28.8 Å². The number of halogens is 2. The van der Waals surface area contributed by atoms with Gasteiger partial charge in [0.1, 0.15) is 5.82 Å². The van der Waals surface area contributed by atoms with Crippen molar-refractivity contribution in [3.8, 4) is 0 Å². The van der Waals surface area contributed by atoms with Crippen LogP contribution in [0.25, 0.3) is 0 Å². The molecule has 0 spiro atoms. The van der Waals surface area contributed by atoms with Crippen LogP contribution in [0.15, 0.2) is 12.1 Å². The molecular formula is C10H8ClFO. The predicted octanol–water partition coefficient (Wildman–Crippen LogP) is 3.00. The molecule has 0 aliphatic heterocycles. The van der Waals surface area contributed by atoms with Crippen molar-refractivity contribution in [1.29, 1.82) is 0 Å². The van der Waals surface area contributed by atoms with Gasteiger partial charge in [-0.2, -0.15) is 0 Å². The van der Waals surface area contributed by atoms with E-state index in [2.05, 4.69) is 0 Å². The molecule has 0 fully saturated rings. The van der Waals surface area contributed by atoms with Crippen LogP contribution in [0, 0.1) is 5.82 Å². The molecule has 0 aromatic heterocycles. The third kappa shape index (κ3) is 1.35. The van der Waals surface area contributed by atoms with Crippen LogP contribution in [-0.4, -0.2) is 5.78 Å². The summed E-state index contributed by atoms with van der Waals surface area (Å²) in [5.41, 5.74) is 1.27. The minimum Gasteiger partial charge on any atom is -0.294 e. The topological polar surface area (TPSA) is 17.1 Å². The van der Waals surface area contributed by atoms with Gasteiger partial charge < -0.3 is 0 Å². The summed E-state index contributed by atoms with van der Waals surface area (Å²) in [6, 6.07) is 2.97. The molecule has 0 saturated heterocycles. The molecule has 0 N–H and O–H groups in total. The lowest BCUT2D eigenvalue weighted by molar-refractivity contribution is 0.0972. The maximum Gasteiger partial charge on any atom is 0.164 e. The number of aryl methyl sites for hydroxylation is 1. The van der Waals surface area contributed by atoms with Crippen molar-refractivity contribution < 1.29 is 9.18 Å². The summed E-state index contributed by atoms with van der Waals surface area (Å²) >= 11 is 5.71. The van der Waals surface area contributed by atoms with Gasteiger partial charge >= 0.3 is 0 Å². The average molecular weight is 199 g/mol. The summed E-state index contributed by atoms with van der Waals surface area (Å²) in [5, 5.41) is -0.0119. The van der Waals surface area contributed by atoms with E-state index in [4.69, 9.17) is 11.6 Å². The zero-order valence-electron chi connectivity index (χ0n) is 6.94. The first kappa shape index (κ1) is 8.70. The molecule has 2 rings (SSSR count). The molecule has 0 amide bonds. The molecule has 0 atom stereocenters. The third-order valence-electron chi connectivity index (χ3n) is 2.31. The van der Waals surface area contributed by atoms with Gasteiger partial charge in [0.25, 0.3) is 0 Å². The number of benzene rings is 1. The molecule has 1 aliphatic rings. The molecular weight excluding hydrogens is 191 g/mol. The van der Waals surface area contributed by atoms with Gasteiger partial charge in [-0.1, -0.05) is 17.7 Å². The van der Waals surface area contributed by atoms with Gasteiger partial charge in [0.2, 0.25) is 0 Å². The predicted molar refractivity (Wildman–Crippen MR) is 48.7 cm³/mol. The van der Waals surface area contributed by atoms with Gasteiger partial charge in [0.15, 0.2) is 5.78 Å². The minimum absolute atomic E-state index is 0.0119. The molecule has 68 valence electrons. The van der Waals surface area contributed by atoms with Crippen molar-refractivity contribution >= 4 is 17.4 Å². The van der Waals surface area contributed by atoms with E-state index in [9.17, 15) is 9.18 Å². The van der Waals surface area contributed by atoms with Crippen molar-refractivity contribution in [1.82, 2.24) is 0 Å². The highest BCUT2D eigenvalue weighted by Gasteiger charge is 2.21. The first-order valence-electron chi connectivity index (χ1n) is 4.20. The van der Waals surface area contributed by atoms with E-state index < -0.39 is 5.82 Å². The van der Waals surface area contributed by atoms with Crippen molar-refractivity contribution in [3.05, 3.63) is 34.1 Å². The average Bonchev–Trinajstić information content (AvgIpc) is 2.12. The monoisotopic (exact) mass is 198 g/mol. The largest absolute Gasteiger partial charge is 0.294 e. The highest BCUT2D eigenvalue weighted by molar-refractivity contribution is 6.34. The Balaban J connectivity index is 2.65. The molecule has 0 heterocycles. The van der Waals surface area contributed by atoms with E-state index in [1.807, 2.05) is 0 Å². The summed E-state index contributed by atoms with van der Waals surface area (Å²) in [4.78, 5) is 11.4. The maximum atomic E-state index is 13.0. The second kappa shape index (κ2) is 3.11. The lowest BCUT2D eigenvalue weighted by Crippen LogP contribution is -2.12.